The molecule has 5 heteroatoms. The van der Waals surface area contributed by atoms with Crippen molar-refractivity contribution in [3.05, 3.63) is 40.1 Å². The Hall–Kier alpha value is -1.62. The molecule has 0 atom stereocenters. The van der Waals surface area contributed by atoms with Crippen LogP contribution in [0.1, 0.15) is 21.1 Å². The maximum atomic E-state index is 11.7. The lowest BCUT2D eigenvalue weighted by Crippen LogP contribution is -2.04. The van der Waals surface area contributed by atoms with Crippen LogP contribution in [0, 0.1) is 6.92 Å². The van der Waals surface area contributed by atoms with Crippen LogP contribution in [0.5, 0.6) is 0 Å². The summed E-state index contributed by atoms with van der Waals surface area (Å²) >= 11 is 1.50. The average Bonchev–Trinajstić information content (AvgIpc) is 2.65. The molecule has 0 N–H and O–H groups in total. The third kappa shape index (κ3) is 2.44. The summed E-state index contributed by atoms with van der Waals surface area (Å²) in [6.45, 7) is 1.92. The van der Waals surface area contributed by atoms with Crippen molar-refractivity contribution < 1.29 is 4.79 Å². The van der Waals surface area contributed by atoms with Gasteiger partial charge in [-0.15, -0.1) is 11.3 Å². The zero-order chi connectivity index (χ0) is 10.7. The Bertz CT molecular complexity index is 467. The normalized spacial score (nSPS) is 10.2. The highest BCUT2D eigenvalue weighted by Gasteiger charge is 2.09. The van der Waals surface area contributed by atoms with Gasteiger partial charge in [-0.1, -0.05) is 0 Å². The van der Waals surface area contributed by atoms with Gasteiger partial charge in [0.25, 0.3) is 0 Å². The van der Waals surface area contributed by atoms with Crippen LogP contribution in [0.15, 0.2) is 23.8 Å². The van der Waals surface area contributed by atoms with Crippen LogP contribution >= 0.6 is 11.3 Å². The Morgan fingerprint density at radius 3 is 2.93 bits per heavy atom. The number of aryl methyl sites for hydroxylation is 1. The number of ketones is 1. The molecule has 0 aliphatic heterocycles. The monoisotopic (exact) mass is 219 g/mol. The number of carbonyl (C=O) groups is 1. The maximum absolute atomic E-state index is 11.7. The highest BCUT2D eigenvalue weighted by atomic mass is 32.1. The van der Waals surface area contributed by atoms with Crippen molar-refractivity contribution in [2.45, 2.75) is 13.3 Å². The van der Waals surface area contributed by atoms with Crippen LogP contribution < -0.4 is 0 Å². The number of aromatic nitrogens is 3. The molecular formula is C10H9N3OS. The second-order valence-electron chi connectivity index (χ2n) is 3.11. The molecule has 0 amide bonds. The molecule has 0 saturated heterocycles. The van der Waals surface area contributed by atoms with Crippen LogP contribution in [-0.4, -0.2) is 21.0 Å². The molecule has 2 aromatic heterocycles. The van der Waals surface area contributed by atoms with Gasteiger partial charge in [-0.2, -0.15) is 10.2 Å². The lowest BCUT2D eigenvalue weighted by Gasteiger charge is -1.96. The van der Waals surface area contributed by atoms with Crippen molar-refractivity contribution in [3.8, 4) is 0 Å². The highest BCUT2D eigenvalue weighted by Crippen LogP contribution is 2.11. The molecule has 0 aliphatic rings. The molecule has 76 valence electrons. The van der Waals surface area contributed by atoms with E-state index in [0.29, 0.717) is 12.0 Å². The fourth-order valence-electron chi connectivity index (χ4n) is 1.18. The third-order valence-electron chi connectivity index (χ3n) is 1.88. The summed E-state index contributed by atoms with van der Waals surface area (Å²) in [5.74, 6) is 0.0271. The summed E-state index contributed by atoms with van der Waals surface area (Å²) in [7, 11) is 0. The summed E-state index contributed by atoms with van der Waals surface area (Å²) in [6.07, 6.45) is 3.33. The van der Waals surface area contributed by atoms with Gasteiger partial charge in [0.2, 0.25) is 0 Å². The van der Waals surface area contributed by atoms with E-state index in [1.54, 1.807) is 6.07 Å². The van der Waals surface area contributed by atoms with Crippen molar-refractivity contribution in [1.82, 2.24) is 15.2 Å². The standard InChI is InChI=1S/C10H9N3OS/c1-7-6-15-10(13-7)4-9(14)8-2-3-11-12-5-8/h2-3,5-6H,4H2,1H3. The Morgan fingerprint density at radius 2 is 2.33 bits per heavy atom. The van der Waals surface area contributed by atoms with E-state index < -0.39 is 0 Å². The van der Waals surface area contributed by atoms with Crippen molar-refractivity contribution in [2.75, 3.05) is 0 Å². The van der Waals surface area contributed by atoms with E-state index in [4.69, 9.17) is 0 Å². The van der Waals surface area contributed by atoms with Crippen molar-refractivity contribution >= 4 is 17.1 Å². The fourth-order valence-corrected chi connectivity index (χ4v) is 1.95. The first kappa shape index (κ1) is 9.92. The zero-order valence-electron chi connectivity index (χ0n) is 8.17. The molecule has 0 bridgehead atoms. The second kappa shape index (κ2) is 4.27. The van der Waals surface area contributed by atoms with Gasteiger partial charge in [-0.3, -0.25) is 4.79 Å². The van der Waals surface area contributed by atoms with E-state index in [1.165, 1.54) is 23.7 Å². The van der Waals surface area contributed by atoms with Gasteiger partial charge in [0.15, 0.2) is 5.78 Å². The summed E-state index contributed by atoms with van der Waals surface area (Å²) in [6, 6.07) is 1.66. The third-order valence-corrected chi connectivity index (χ3v) is 2.85. The zero-order valence-corrected chi connectivity index (χ0v) is 8.99. The van der Waals surface area contributed by atoms with E-state index in [0.717, 1.165) is 10.7 Å². The number of Topliss-reactive ketones (excluding diaryl/α,β-unsaturated/α-hetero) is 1. The van der Waals surface area contributed by atoms with Crippen LogP contribution in [0.4, 0.5) is 0 Å². The van der Waals surface area contributed by atoms with Gasteiger partial charge in [-0.25, -0.2) is 4.98 Å². The lowest BCUT2D eigenvalue weighted by atomic mass is 10.1. The largest absolute Gasteiger partial charge is 0.294 e. The highest BCUT2D eigenvalue weighted by molar-refractivity contribution is 7.09. The van der Waals surface area contributed by atoms with Gasteiger partial charge < -0.3 is 0 Å². The summed E-state index contributed by atoms with van der Waals surface area (Å²) in [4.78, 5) is 16.0. The first-order valence-electron chi connectivity index (χ1n) is 4.46. The van der Waals surface area contributed by atoms with E-state index in [1.807, 2.05) is 12.3 Å². The van der Waals surface area contributed by atoms with Crippen molar-refractivity contribution in [3.63, 3.8) is 0 Å². The molecule has 0 unspecified atom stereocenters. The summed E-state index contributed by atoms with van der Waals surface area (Å²) in [5, 5.41) is 10.1. The van der Waals surface area contributed by atoms with Crippen molar-refractivity contribution in [2.24, 2.45) is 0 Å². The first-order valence-corrected chi connectivity index (χ1v) is 5.34. The molecule has 0 spiro atoms. The number of thiazole rings is 1. The lowest BCUT2D eigenvalue weighted by molar-refractivity contribution is 0.0992. The number of nitrogens with zero attached hydrogens (tertiary/aromatic N) is 3. The van der Waals surface area contributed by atoms with Gasteiger partial charge in [0, 0.05) is 16.6 Å². The number of hydrogen-bond acceptors (Lipinski definition) is 5. The van der Waals surface area contributed by atoms with E-state index >= 15 is 0 Å². The molecule has 2 rings (SSSR count). The Balaban J connectivity index is 2.11. The van der Waals surface area contributed by atoms with Crippen molar-refractivity contribution in [1.29, 1.82) is 0 Å². The Labute approximate surface area is 91.0 Å². The number of carbonyl (C=O) groups excluding carboxylic acids is 1. The molecule has 2 heterocycles. The Morgan fingerprint density at radius 1 is 1.47 bits per heavy atom. The average molecular weight is 219 g/mol. The van der Waals surface area contributed by atoms with Gasteiger partial charge in [0.05, 0.1) is 18.8 Å². The van der Waals surface area contributed by atoms with Crippen LogP contribution in [0.3, 0.4) is 0 Å². The molecular weight excluding hydrogens is 210 g/mol. The quantitative estimate of drug-likeness (QED) is 0.737. The minimum absolute atomic E-state index is 0.0271. The minimum Gasteiger partial charge on any atom is -0.294 e. The summed E-state index contributed by atoms with van der Waals surface area (Å²) in [5.41, 5.74) is 1.54. The number of hydrogen-bond donors (Lipinski definition) is 0. The molecule has 2 aromatic rings. The SMILES string of the molecule is Cc1csc(CC(=O)c2ccnnc2)n1. The number of rotatable bonds is 3. The first-order chi connectivity index (χ1) is 7.25. The minimum atomic E-state index is 0.0271. The van der Waals surface area contributed by atoms with Crippen LogP contribution in [0.25, 0.3) is 0 Å². The predicted octanol–water partition coefficient (Wildman–Crippen LogP) is 1.67. The molecule has 0 aliphatic carbocycles. The smallest absolute Gasteiger partial charge is 0.171 e. The molecule has 4 nitrogen and oxygen atoms in total. The topological polar surface area (TPSA) is 55.7 Å². The van der Waals surface area contributed by atoms with Gasteiger partial charge in [0.1, 0.15) is 5.01 Å². The van der Waals surface area contributed by atoms with Gasteiger partial charge >= 0.3 is 0 Å². The van der Waals surface area contributed by atoms with E-state index in [9.17, 15) is 4.79 Å². The Kier molecular flexibility index (Phi) is 2.82. The van der Waals surface area contributed by atoms with E-state index in [-0.39, 0.29) is 5.78 Å². The summed E-state index contributed by atoms with van der Waals surface area (Å²) < 4.78 is 0. The van der Waals surface area contributed by atoms with Gasteiger partial charge in [-0.05, 0) is 13.0 Å². The fraction of sp³-hybridized carbons (Fsp3) is 0.200. The molecule has 0 fully saturated rings. The molecule has 0 radical (unpaired) electrons. The predicted molar refractivity (Wildman–Crippen MR) is 56.9 cm³/mol. The molecule has 0 aromatic carbocycles. The second-order valence-corrected chi connectivity index (χ2v) is 4.06. The van der Waals surface area contributed by atoms with Crippen LogP contribution in [-0.2, 0) is 6.42 Å². The van der Waals surface area contributed by atoms with Crippen LogP contribution in [0.2, 0.25) is 0 Å². The maximum Gasteiger partial charge on any atom is 0.171 e. The molecule has 15 heavy (non-hydrogen) atoms. The van der Waals surface area contributed by atoms with E-state index in [2.05, 4.69) is 15.2 Å². The molecule has 0 saturated carbocycles.